The van der Waals surface area contributed by atoms with Crippen LogP contribution >= 0.6 is 0 Å². The minimum absolute atomic E-state index is 0.216. The second-order valence-corrected chi connectivity index (χ2v) is 27.2. The van der Waals surface area contributed by atoms with E-state index in [-0.39, 0.29) is 10.8 Å². The summed E-state index contributed by atoms with van der Waals surface area (Å²) in [6, 6.07) is 0.298. The highest BCUT2D eigenvalue weighted by molar-refractivity contribution is 6.82. The van der Waals surface area contributed by atoms with Gasteiger partial charge in [0, 0.05) is 31.5 Å². The van der Waals surface area contributed by atoms with Crippen LogP contribution in [0.25, 0.3) is 291 Å². The van der Waals surface area contributed by atoms with Gasteiger partial charge in [-0.25, -0.2) is 0 Å². The van der Waals surface area contributed by atoms with Crippen molar-refractivity contribution < 1.29 is 4.79 Å². The van der Waals surface area contributed by atoms with Gasteiger partial charge in [-0.1, -0.05) is 5.57 Å². The Labute approximate surface area is 386 Å². The first-order valence-corrected chi connectivity index (χ1v) is 27.0. The normalized spacial score (nSPS) is 26.5. The molecule has 0 aromatic heterocycles. The topological polar surface area (TPSA) is 20.3 Å². The highest BCUT2D eigenvalue weighted by atomic mass is 16.1. The Morgan fingerprint density at radius 1 is 0.296 bits per heavy atom. The van der Waals surface area contributed by atoms with Gasteiger partial charge < -0.3 is 0 Å². The van der Waals surface area contributed by atoms with E-state index in [4.69, 9.17) is 0 Å². The SMILES string of the molecule is O=C1C=C2CC3N(CC2C1)CC12c4c5c6c7c8c9c(c%10c%11c1c1c4c4c%12c5c5c6c6c8c8c%13c9c9c%10c%10c%11c%11c1c1c4c4c%12c%12c5c5c6c8c6c8c%13c9c9c%10c%10c%11c1c1c4c4c%12c5c6c5c8c9c%10c1c45)C732. The molecule has 2 heterocycles. The number of ketones is 1. The number of carbonyl (C=O) groups excluding carboxylic acids is 1. The standard InChI is InChI=1S/C69H11NO/c71-8-1-6-3-9-69-66-60-54-44-32-24-16-12-10-11-14-18(16)26(32)36-30-22(14)23-15(11)19-17-13(10)21-20(12)28-34(24)42-48-38(28)39-29(21)35-25(17)33-27(19)37-31(23)41-40(30)52(46(36)54)62(66)63-53(41)47(37)55-45(33)51-43(35)49(39)57-56(48)64(58(60)50(42)44)68(69,5-70(9)4-7(6)2-8)65(57)59(51)61(55)67(63)69/h1,7,9H,2-5H2. The van der Waals surface area contributed by atoms with Gasteiger partial charge in [-0.3, -0.25) is 9.69 Å². The van der Waals surface area contributed by atoms with E-state index < -0.39 is 0 Å². The van der Waals surface area contributed by atoms with Crippen LogP contribution in [0.2, 0.25) is 0 Å². The summed E-state index contributed by atoms with van der Waals surface area (Å²) in [6.07, 6.45) is 3.89. The number of hydrogen-bond acceptors (Lipinski definition) is 2. The molecule has 2 atom stereocenters. The zero-order valence-corrected chi connectivity index (χ0v) is 36.4. The van der Waals surface area contributed by atoms with Gasteiger partial charge in [0.1, 0.15) is 0 Å². The van der Waals surface area contributed by atoms with Crippen molar-refractivity contribution in [1.82, 2.24) is 4.90 Å². The van der Waals surface area contributed by atoms with E-state index >= 15 is 0 Å². The molecule has 28 aromatic rings. The molecule has 2 aliphatic heterocycles. The predicted octanol–water partition coefficient (Wildman–Crippen LogP) is 16.9. The lowest BCUT2D eigenvalue weighted by Crippen LogP contribution is -2.55. The molecule has 35 rings (SSSR count). The minimum atomic E-state index is -0.254. The van der Waals surface area contributed by atoms with Crippen LogP contribution in [0.1, 0.15) is 35.1 Å². The van der Waals surface area contributed by atoms with E-state index in [1.54, 1.807) is 313 Å². The summed E-state index contributed by atoms with van der Waals surface area (Å²) in [6.45, 7) is 2.10. The third kappa shape index (κ3) is 1.38. The van der Waals surface area contributed by atoms with Gasteiger partial charge in [0.2, 0.25) is 0 Å². The molecule has 2 fully saturated rings. The molecule has 5 aliphatic carbocycles. The lowest BCUT2D eigenvalue weighted by atomic mass is 9.47. The van der Waals surface area contributed by atoms with Gasteiger partial charge in [-0.2, -0.15) is 0 Å². The number of carbonyl (C=O) groups is 1. The Balaban J connectivity index is 1.14. The van der Waals surface area contributed by atoms with Crippen molar-refractivity contribution in [2.75, 3.05) is 13.1 Å². The molecule has 2 heteroatoms. The van der Waals surface area contributed by atoms with E-state index in [0.29, 0.717) is 24.2 Å². The summed E-state index contributed by atoms with van der Waals surface area (Å²) in [7, 11) is 0. The van der Waals surface area contributed by atoms with E-state index in [2.05, 4.69) is 11.0 Å². The molecular formula is C69H11NO. The molecule has 0 amide bonds. The van der Waals surface area contributed by atoms with Gasteiger partial charge in [0.25, 0.3) is 0 Å². The van der Waals surface area contributed by atoms with Crippen molar-refractivity contribution in [2.24, 2.45) is 5.92 Å². The Morgan fingerprint density at radius 2 is 0.521 bits per heavy atom. The van der Waals surface area contributed by atoms with E-state index in [9.17, 15) is 4.79 Å². The van der Waals surface area contributed by atoms with Crippen molar-refractivity contribution in [3.63, 3.8) is 0 Å². The van der Waals surface area contributed by atoms with Crippen LogP contribution in [0.4, 0.5) is 0 Å². The maximum Gasteiger partial charge on any atom is 0.156 e. The van der Waals surface area contributed by atoms with E-state index in [1.165, 1.54) is 5.57 Å². The van der Waals surface area contributed by atoms with Crippen LogP contribution < -0.4 is 0 Å². The zero-order chi connectivity index (χ0) is 41.9. The smallest absolute Gasteiger partial charge is 0.156 e. The Hall–Kier alpha value is -8.17. The summed E-state index contributed by atoms with van der Waals surface area (Å²) < 4.78 is 0. The molecule has 2 spiro atoms. The average Bonchev–Trinajstić information content (AvgIpc) is 4.07. The molecule has 2 nitrogen and oxygen atoms in total. The van der Waals surface area contributed by atoms with Crippen LogP contribution in [-0.2, 0) is 15.6 Å². The molecule has 28 aromatic carbocycles. The lowest BCUT2D eigenvalue weighted by molar-refractivity contribution is -0.114. The fourth-order valence-electron chi connectivity index (χ4n) is 27.2. The Kier molecular flexibility index (Phi) is 2.15. The molecule has 0 radical (unpaired) electrons. The molecule has 298 valence electrons. The van der Waals surface area contributed by atoms with Crippen LogP contribution in [0.15, 0.2) is 11.6 Å². The molecule has 2 unspecified atom stereocenters. The number of rotatable bonds is 0. The Morgan fingerprint density at radius 3 is 0.775 bits per heavy atom. The molecule has 71 heavy (non-hydrogen) atoms. The predicted molar refractivity (Wildman–Crippen MR) is 295 cm³/mol. The highest BCUT2D eigenvalue weighted by Gasteiger charge is 2.76. The van der Waals surface area contributed by atoms with Gasteiger partial charge in [-0.15, -0.1) is 0 Å². The highest BCUT2D eigenvalue weighted by Crippen LogP contribution is 2.86. The fourth-order valence-corrected chi connectivity index (χ4v) is 27.2. The lowest BCUT2D eigenvalue weighted by Gasteiger charge is -2.52. The Bertz CT molecular complexity index is 7220. The third-order valence-corrected chi connectivity index (χ3v) is 27.1. The second kappa shape index (κ2) is 5.85. The van der Waals surface area contributed by atoms with Crippen LogP contribution in [0, 0.1) is 5.92 Å². The van der Waals surface area contributed by atoms with Gasteiger partial charge in [0.15, 0.2) is 5.78 Å². The van der Waals surface area contributed by atoms with Crippen molar-refractivity contribution in [2.45, 2.75) is 29.7 Å². The summed E-state index contributed by atoms with van der Waals surface area (Å²) in [5, 5.41) is 90.3. The molecule has 0 saturated carbocycles. The molecule has 0 N–H and O–H groups in total. The van der Waals surface area contributed by atoms with Gasteiger partial charge in [0.05, 0.1) is 10.8 Å². The van der Waals surface area contributed by atoms with Crippen molar-refractivity contribution in [3.8, 4) is 0 Å². The average molecular weight is 870 g/mol. The first kappa shape index (κ1) is 26.2. The summed E-state index contributed by atoms with van der Waals surface area (Å²) in [5.74, 6) is 0.727. The number of allylic oxidation sites excluding steroid dienone is 1. The molecular weight excluding hydrogens is 859 g/mol. The minimum Gasteiger partial charge on any atom is -0.297 e. The number of fused-ring (bicyclic) bond motifs is 2. The molecule has 7 aliphatic rings. The maximum atomic E-state index is 13.7. The largest absolute Gasteiger partial charge is 0.297 e. The molecule has 0 bridgehead atoms. The summed E-state index contributed by atoms with van der Waals surface area (Å²) in [4.78, 5) is 16.8. The van der Waals surface area contributed by atoms with Crippen molar-refractivity contribution >= 4 is 297 Å². The van der Waals surface area contributed by atoms with Crippen molar-refractivity contribution in [1.29, 1.82) is 0 Å². The monoisotopic (exact) mass is 869 g/mol. The van der Waals surface area contributed by atoms with E-state index in [1.807, 2.05) is 0 Å². The maximum absolute atomic E-state index is 13.7. The number of hydrogen-bond donors (Lipinski definition) is 0. The van der Waals surface area contributed by atoms with Gasteiger partial charge in [-0.05, 0) is 326 Å². The third-order valence-electron chi connectivity index (χ3n) is 27.1. The van der Waals surface area contributed by atoms with E-state index in [0.717, 1.165) is 19.5 Å². The number of benzene rings is 18. The number of nitrogens with zero attached hydrogens (tertiary/aromatic N) is 1. The quantitative estimate of drug-likeness (QED) is 0.142. The van der Waals surface area contributed by atoms with Crippen LogP contribution in [-0.4, -0.2) is 29.8 Å². The molecule has 2 saturated heterocycles. The zero-order valence-electron chi connectivity index (χ0n) is 36.4. The van der Waals surface area contributed by atoms with Crippen LogP contribution in [0.5, 0.6) is 0 Å². The fraction of sp³-hybridized carbons (Fsp3) is 0.116. The van der Waals surface area contributed by atoms with Gasteiger partial charge >= 0.3 is 0 Å². The summed E-state index contributed by atoms with van der Waals surface area (Å²) in [5.41, 5.74) is 8.15. The first-order valence-electron chi connectivity index (χ1n) is 27.0. The first-order chi connectivity index (χ1) is 35.3. The van der Waals surface area contributed by atoms with Crippen LogP contribution in [0.3, 0.4) is 0 Å². The second-order valence-electron chi connectivity index (χ2n) is 27.2. The summed E-state index contributed by atoms with van der Waals surface area (Å²) >= 11 is 0. The van der Waals surface area contributed by atoms with Crippen molar-refractivity contribution in [3.05, 3.63) is 33.9 Å². The number of piperidine rings is 1.